The molecule has 0 bridgehead atoms. The normalized spacial score (nSPS) is 12.2. The van der Waals surface area contributed by atoms with Crippen molar-refractivity contribution in [2.45, 2.75) is 23.8 Å². The summed E-state index contributed by atoms with van der Waals surface area (Å²) in [7, 11) is -3.92. The molecule has 1 N–H and O–H groups in total. The molecule has 1 amide bonds. The lowest BCUT2D eigenvalue weighted by atomic mass is 10.2. The maximum atomic E-state index is 13.2. The van der Waals surface area contributed by atoms with E-state index in [0.717, 1.165) is 11.1 Å². The number of nitrogens with one attached hydrogen (secondary N) is 1. The van der Waals surface area contributed by atoms with Crippen LogP contribution in [0.5, 0.6) is 0 Å². The summed E-state index contributed by atoms with van der Waals surface area (Å²) in [5.74, 6) is 0. The minimum atomic E-state index is -3.92. The highest BCUT2D eigenvalue weighted by Crippen LogP contribution is 2.28. The molecule has 29 heavy (non-hydrogen) atoms. The van der Waals surface area contributed by atoms with Crippen LogP contribution in [0.25, 0.3) is 0 Å². The third-order valence-corrected chi connectivity index (χ3v) is 6.49. The van der Waals surface area contributed by atoms with Crippen LogP contribution in [-0.2, 0) is 21.2 Å². The monoisotopic (exact) mass is 429 g/mol. The molecule has 0 aromatic heterocycles. The molecule has 0 saturated carbocycles. The Morgan fingerprint density at radius 1 is 0.966 bits per heavy atom. The highest BCUT2D eigenvalue weighted by Gasteiger charge is 2.31. The van der Waals surface area contributed by atoms with Gasteiger partial charge in [-0.15, -0.1) is 0 Å². The second kappa shape index (κ2) is 9.11. The van der Waals surface area contributed by atoms with E-state index in [1.807, 2.05) is 37.3 Å². The maximum absolute atomic E-state index is 13.2. The Morgan fingerprint density at radius 2 is 1.59 bits per heavy atom. The van der Waals surface area contributed by atoms with Gasteiger partial charge in [-0.05, 0) is 42.3 Å². The predicted molar refractivity (Wildman–Crippen MR) is 112 cm³/mol. The lowest BCUT2D eigenvalue weighted by Gasteiger charge is -2.20. The number of amides is 1. The van der Waals surface area contributed by atoms with E-state index >= 15 is 0 Å². The van der Waals surface area contributed by atoms with Crippen molar-refractivity contribution in [2.75, 3.05) is 0 Å². The molecule has 5 nitrogen and oxygen atoms in total. The summed E-state index contributed by atoms with van der Waals surface area (Å²) in [4.78, 5) is 12.5. The average molecular weight is 430 g/mol. The van der Waals surface area contributed by atoms with E-state index in [9.17, 15) is 13.2 Å². The van der Waals surface area contributed by atoms with Crippen LogP contribution >= 0.6 is 11.6 Å². The number of hydrogen-bond acceptors (Lipinski definition) is 4. The number of benzene rings is 3. The quantitative estimate of drug-likeness (QED) is 0.595. The van der Waals surface area contributed by atoms with Crippen LogP contribution in [-0.4, -0.2) is 14.5 Å². The zero-order valence-corrected chi connectivity index (χ0v) is 17.3. The number of carbonyl (C=O) groups is 1. The molecule has 3 aromatic carbocycles. The molecule has 0 saturated heterocycles. The predicted octanol–water partition coefficient (Wildman–Crippen LogP) is 5.05. The molecule has 1 atom stereocenters. The average Bonchev–Trinajstić information content (AvgIpc) is 2.72. The third-order valence-electron chi connectivity index (χ3n) is 4.29. The minimum Gasteiger partial charge on any atom is -0.445 e. The van der Waals surface area contributed by atoms with E-state index in [1.165, 1.54) is 12.1 Å². The van der Waals surface area contributed by atoms with Crippen LogP contribution in [0, 0.1) is 6.92 Å². The van der Waals surface area contributed by atoms with Gasteiger partial charge >= 0.3 is 6.09 Å². The Balaban J connectivity index is 1.86. The zero-order valence-electron chi connectivity index (χ0n) is 15.7. The Labute approximate surface area is 175 Å². The first-order valence-corrected chi connectivity index (χ1v) is 10.8. The molecule has 7 heteroatoms. The van der Waals surface area contributed by atoms with Crippen molar-refractivity contribution in [2.24, 2.45) is 0 Å². The Hall–Kier alpha value is -2.83. The number of rotatable bonds is 6. The highest BCUT2D eigenvalue weighted by molar-refractivity contribution is 7.91. The van der Waals surface area contributed by atoms with Crippen molar-refractivity contribution in [1.82, 2.24) is 5.32 Å². The van der Waals surface area contributed by atoms with Crippen LogP contribution in [0.2, 0.25) is 5.02 Å². The van der Waals surface area contributed by atoms with Gasteiger partial charge in [0.05, 0.1) is 4.90 Å². The number of ether oxygens (including phenoxy) is 1. The van der Waals surface area contributed by atoms with Crippen molar-refractivity contribution in [3.05, 3.63) is 101 Å². The van der Waals surface area contributed by atoms with Gasteiger partial charge in [-0.2, -0.15) is 0 Å². The number of carbonyl (C=O) groups excluding carboxylic acids is 1. The van der Waals surface area contributed by atoms with Crippen LogP contribution in [0.4, 0.5) is 4.79 Å². The minimum absolute atomic E-state index is 0.0323. The van der Waals surface area contributed by atoms with Crippen LogP contribution in [0.15, 0.2) is 83.8 Å². The molecule has 150 valence electrons. The van der Waals surface area contributed by atoms with Crippen LogP contribution in [0.3, 0.4) is 0 Å². The molecule has 1 unspecified atom stereocenters. The summed E-state index contributed by atoms with van der Waals surface area (Å²) in [6, 6.07) is 21.9. The van der Waals surface area contributed by atoms with Crippen molar-refractivity contribution in [3.8, 4) is 0 Å². The summed E-state index contributed by atoms with van der Waals surface area (Å²) in [5, 5.41) is 1.63. The molecule has 0 spiro atoms. The van der Waals surface area contributed by atoms with Gasteiger partial charge < -0.3 is 10.1 Å². The van der Waals surface area contributed by atoms with E-state index in [4.69, 9.17) is 16.3 Å². The Bertz CT molecular complexity index is 1070. The van der Waals surface area contributed by atoms with Crippen molar-refractivity contribution >= 4 is 27.5 Å². The lowest BCUT2D eigenvalue weighted by molar-refractivity contribution is 0.138. The van der Waals surface area contributed by atoms with Gasteiger partial charge in [0.15, 0.2) is 5.37 Å². The van der Waals surface area contributed by atoms with E-state index < -0.39 is 21.3 Å². The van der Waals surface area contributed by atoms with Crippen LogP contribution in [0.1, 0.15) is 22.1 Å². The fraction of sp³-hybridized carbons (Fsp3) is 0.136. The second-order valence-electron chi connectivity index (χ2n) is 6.50. The summed E-state index contributed by atoms with van der Waals surface area (Å²) in [6.45, 7) is 1.90. The molecular formula is C22H20ClNO4S. The molecule has 0 fully saturated rings. The van der Waals surface area contributed by atoms with Gasteiger partial charge in [0.25, 0.3) is 0 Å². The molecule has 0 aliphatic heterocycles. The topological polar surface area (TPSA) is 72.5 Å². The van der Waals surface area contributed by atoms with Crippen molar-refractivity contribution in [1.29, 1.82) is 0 Å². The fourth-order valence-corrected chi connectivity index (χ4v) is 4.39. The number of aryl methyl sites for hydroxylation is 1. The number of sulfone groups is 1. The van der Waals surface area contributed by atoms with E-state index in [0.29, 0.717) is 10.6 Å². The van der Waals surface area contributed by atoms with E-state index in [1.54, 1.807) is 36.4 Å². The van der Waals surface area contributed by atoms with Gasteiger partial charge in [0.2, 0.25) is 9.84 Å². The maximum Gasteiger partial charge on any atom is 0.408 e. The lowest BCUT2D eigenvalue weighted by Crippen LogP contribution is -2.34. The summed E-state index contributed by atoms with van der Waals surface area (Å²) in [5.41, 5.74) is 2.11. The van der Waals surface area contributed by atoms with Crippen LogP contribution < -0.4 is 5.32 Å². The zero-order chi connectivity index (χ0) is 20.9. The van der Waals surface area contributed by atoms with Gasteiger partial charge in [0.1, 0.15) is 6.61 Å². The SMILES string of the molecule is Cc1ccc(S(=O)(=O)C(NC(=O)OCc2ccccc2)c2ccc(Cl)cc2)cc1. The van der Waals surface area contributed by atoms with Gasteiger partial charge in [0, 0.05) is 5.02 Å². The first-order valence-electron chi connectivity index (χ1n) is 8.89. The van der Waals surface area contributed by atoms with E-state index in [-0.39, 0.29) is 11.5 Å². The standard InChI is InChI=1S/C22H20ClNO4S/c1-16-7-13-20(14-8-16)29(26,27)21(18-9-11-19(23)12-10-18)24-22(25)28-15-17-5-3-2-4-6-17/h2-14,21H,15H2,1H3,(H,24,25). The smallest absolute Gasteiger partial charge is 0.408 e. The molecule has 0 heterocycles. The Kier molecular flexibility index (Phi) is 6.56. The number of halogens is 1. The molecular weight excluding hydrogens is 410 g/mol. The first kappa shape index (κ1) is 20.9. The third kappa shape index (κ3) is 5.37. The number of hydrogen-bond donors (Lipinski definition) is 1. The second-order valence-corrected chi connectivity index (χ2v) is 8.96. The van der Waals surface area contributed by atoms with Gasteiger partial charge in [-0.25, -0.2) is 13.2 Å². The summed E-state index contributed by atoms with van der Waals surface area (Å²) >= 11 is 5.93. The molecule has 0 aliphatic carbocycles. The van der Waals surface area contributed by atoms with Crippen molar-refractivity contribution in [3.63, 3.8) is 0 Å². The summed E-state index contributed by atoms with van der Waals surface area (Å²) < 4.78 is 31.7. The largest absolute Gasteiger partial charge is 0.445 e. The first-order chi connectivity index (χ1) is 13.9. The molecule has 3 aromatic rings. The molecule has 3 rings (SSSR count). The van der Waals surface area contributed by atoms with E-state index in [2.05, 4.69) is 5.32 Å². The number of alkyl carbamates (subject to hydrolysis) is 1. The van der Waals surface area contributed by atoms with Gasteiger partial charge in [-0.1, -0.05) is 71.8 Å². The summed E-state index contributed by atoms with van der Waals surface area (Å²) in [6.07, 6.45) is -0.829. The molecule has 0 aliphatic rings. The highest BCUT2D eigenvalue weighted by atomic mass is 35.5. The van der Waals surface area contributed by atoms with Gasteiger partial charge in [-0.3, -0.25) is 0 Å². The fourth-order valence-electron chi connectivity index (χ4n) is 2.71. The Morgan fingerprint density at radius 3 is 2.21 bits per heavy atom. The molecule has 0 radical (unpaired) electrons. The van der Waals surface area contributed by atoms with Crippen molar-refractivity contribution < 1.29 is 17.9 Å².